The number of fused-ring (bicyclic) bond motifs is 1. The van der Waals surface area contributed by atoms with Crippen molar-refractivity contribution in [3.05, 3.63) is 57.3 Å². The van der Waals surface area contributed by atoms with Crippen LogP contribution in [0.25, 0.3) is 0 Å². The molecule has 114 valence electrons. The van der Waals surface area contributed by atoms with Gasteiger partial charge in [0.1, 0.15) is 11.6 Å². The van der Waals surface area contributed by atoms with Crippen molar-refractivity contribution in [2.24, 2.45) is 0 Å². The molecular weight excluding hydrogens is 283 g/mol. The molecule has 5 nitrogen and oxygen atoms in total. The first-order valence-corrected chi connectivity index (χ1v) is 7.64. The van der Waals surface area contributed by atoms with Crippen LogP contribution in [0.1, 0.15) is 41.5 Å². The Balaban J connectivity index is 1.56. The fraction of sp³-hybridized carbons (Fsp3) is 0.438. The molecule has 2 aromatic rings. The summed E-state index contributed by atoms with van der Waals surface area (Å²) in [6.07, 6.45) is 4.56. The topological polar surface area (TPSA) is 61.9 Å². The van der Waals surface area contributed by atoms with Crippen LogP contribution in [-0.2, 0) is 19.5 Å². The highest BCUT2D eigenvalue weighted by Crippen LogP contribution is 2.37. The van der Waals surface area contributed by atoms with Crippen molar-refractivity contribution in [3.8, 4) is 0 Å². The number of hydrogen-bond acceptors (Lipinski definition) is 4. The third-order valence-electron chi connectivity index (χ3n) is 4.34. The zero-order valence-electron chi connectivity index (χ0n) is 12.2. The highest BCUT2D eigenvalue weighted by Gasteiger charge is 2.29. The van der Waals surface area contributed by atoms with Crippen molar-refractivity contribution in [2.45, 2.75) is 38.3 Å². The molecule has 1 fully saturated rings. The third-order valence-corrected chi connectivity index (χ3v) is 4.34. The Kier molecular flexibility index (Phi) is 3.26. The second kappa shape index (κ2) is 5.28. The molecule has 0 saturated heterocycles. The predicted octanol–water partition coefficient (Wildman–Crippen LogP) is 1.74. The maximum atomic E-state index is 13.7. The Morgan fingerprint density at radius 2 is 2.27 bits per heavy atom. The molecule has 0 atom stereocenters. The molecule has 0 spiro atoms. The minimum atomic E-state index is -0.301. The molecule has 22 heavy (non-hydrogen) atoms. The molecule has 0 radical (unpaired) electrons. The molecule has 6 heteroatoms. The normalized spacial score (nSPS) is 18.2. The van der Waals surface area contributed by atoms with Crippen LogP contribution in [0.2, 0.25) is 0 Å². The highest BCUT2D eigenvalue weighted by atomic mass is 19.1. The van der Waals surface area contributed by atoms with Gasteiger partial charge >= 0.3 is 0 Å². The number of nitrogens with zero attached hydrogens (tertiary/aromatic N) is 3. The van der Waals surface area contributed by atoms with E-state index in [2.05, 4.69) is 15.0 Å². The van der Waals surface area contributed by atoms with Gasteiger partial charge in [0.25, 0.3) is 5.56 Å². The summed E-state index contributed by atoms with van der Waals surface area (Å²) >= 11 is 0. The van der Waals surface area contributed by atoms with E-state index >= 15 is 0 Å². The molecular formula is C16H17FN4O. The van der Waals surface area contributed by atoms with E-state index in [1.165, 1.54) is 6.07 Å². The Morgan fingerprint density at radius 1 is 1.41 bits per heavy atom. The third kappa shape index (κ3) is 2.54. The number of nitrogens with one attached hydrogen (secondary N) is 1. The van der Waals surface area contributed by atoms with Crippen LogP contribution in [0.15, 0.2) is 23.1 Å². The van der Waals surface area contributed by atoms with Crippen molar-refractivity contribution in [1.29, 1.82) is 0 Å². The zero-order chi connectivity index (χ0) is 15.1. The number of pyridine rings is 1. The average Bonchev–Trinajstić information content (AvgIpc) is 3.35. The van der Waals surface area contributed by atoms with Crippen LogP contribution in [-0.4, -0.2) is 26.4 Å². The highest BCUT2D eigenvalue weighted by molar-refractivity contribution is 5.23. The molecule has 0 bridgehead atoms. The molecule has 1 N–H and O–H groups in total. The maximum Gasteiger partial charge on any atom is 0.255 e. The van der Waals surface area contributed by atoms with E-state index in [1.807, 2.05) is 4.90 Å². The number of aromatic nitrogens is 3. The monoisotopic (exact) mass is 300 g/mol. The lowest BCUT2D eigenvalue weighted by Crippen LogP contribution is -2.36. The fourth-order valence-electron chi connectivity index (χ4n) is 2.93. The first kappa shape index (κ1) is 13.6. The number of halogens is 1. The maximum absolute atomic E-state index is 13.7. The molecule has 1 saturated carbocycles. The van der Waals surface area contributed by atoms with Gasteiger partial charge in [-0.3, -0.25) is 14.7 Å². The largest absolute Gasteiger partial charge is 0.310 e. The Hall–Kier alpha value is -2.08. The van der Waals surface area contributed by atoms with Crippen molar-refractivity contribution >= 4 is 0 Å². The lowest BCUT2D eigenvalue weighted by molar-refractivity contribution is 0.235. The van der Waals surface area contributed by atoms with Crippen molar-refractivity contribution in [1.82, 2.24) is 19.9 Å². The van der Waals surface area contributed by atoms with Gasteiger partial charge in [-0.05, 0) is 25.0 Å². The molecule has 4 rings (SSSR count). The van der Waals surface area contributed by atoms with Crippen molar-refractivity contribution < 1.29 is 4.39 Å². The number of hydrogen-bond donors (Lipinski definition) is 1. The molecule has 2 aromatic heterocycles. The van der Waals surface area contributed by atoms with E-state index in [1.54, 1.807) is 12.3 Å². The second-order valence-electron chi connectivity index (χ2n) is 6.04. The summed E-state index contributed by atoms with van der Waals surface area (Å²) in [5.41, 5.74) is 2.00. The first-order valence-electron chi connectivity index (χ1n) is 7.64. The summed E-state index contributed by atoms with van der Waals surface area (Å²) in [5, 5.41) is 0. The average molecular weight is 300 g/mol. The van der Waals surface area contributed by atoms with Crippen molar-refractivity contribution in [3.63, 3.8) is 0 Å². The van der Waals surface area contributed by atoms with Crippen LogP contribution in [0.5, 0.6) is 0 Å². The molecule has 2 aliphatic rings. The number of aromatic amines is 1. The Labute approximate surface area is 127 Å². The SMILES string of the molecule is O=c1[nH]c(C2CC2)nc2c1CN(Cc1ncccc1F)CC2. The second-order valence-corrected chi connectivity index (χ2v) is 6.04. The van der Waals surface area contributed by atoms with Crippen LogP contribution >= 0.6 is 0 Å². The first-order chi connectivity index (χ1) is 10.7. The van der Waals surface area contributed by atoms with E-state index in [0.29, 0.717) is 30.3 Å². The Morgan fingerprint density at radius 3 is 3.05 bits per heavy atom. The van der Waals surface area contributed by atoms with Gasteiger partial charge in [0, 0.05) is 38.2 Å². The van der Waals surface area contributed by atoms with Gasteiger partial charge in [0.2, 0.25) is 0 Å². The van der Waals surface area contributed by atoms with Gasteiger partial charge in [-0.2, -0.15) is 0 Å². The van der Waals surface area contributed by atoms with Gasteiger partial charge < -0.3 is 4.98 Å². The Bertz CT molecular complexity index is 769. The minimum Gasteiger partial charge on any atom is -0.310 e. The van der Waals surface area contributed by atoms with E-state index in [-0.39, 0.29) is 11.4 Å². The van der Waals surface area contributed by atoms with E-state index in [0.717, 1.165) is 37.3 Å². The van der Waals surface area contributed by atoms with Crippen LogP contribution in [0, 0.1) is 5.82 Å². The smallest absolute Gasteiger partial charge is 0.255 e. The molecule has 3 heterocycles. The summed E-state index contributed by atoms with van der Waals surface area (Å²) in [6.45, 7) is 1.68. The van der Waals surface area contributed by atoms with Crippen LogP contribution in [0.3, 0.4) is 0 Å². The van der Waals surface area contributed by atoms with Gasteiger partial charge in [0.15, 0.2) is 0 Å². The van der Waals surface area contributed by atoms with Gasteiger partial charge in [0.05, 0.1) is 17.0 Å². The predicted molar refractivity (Wildman–Crippen MR) is 78.8 cm³/mol. The lowest BCUT2D eigenvalue weighted by atomic mass is 10.1. The molecule has 1 aliphatic carbocycles. The molecule has 1 aliphatic heterocycles. The van der Waals surface area contributed by atoms with Crippen LogP contribution in [0.4, 0.5) is 4.39 Å². The summed E-state index contributed by atoms with van der Waals surface area (Å²) < 4.78 is 13.7. The standard InChI is InChI=1S/C16H17FN4O/c17-12-2-1-6-18-14(12)9-21-7-5-13-11(8-21)16(22)20-15(19-13)10-3-4-10/h1-2,6,10H,3-5,7-9H2,(H,19,20,22). The quantitative estimate of drug-likeness (QED) is 0.938. The molecule has 0 amide bonds. The van der Waals surface area contributed by atoms with E-state index in [9.17, 15) is 9.18 Å². The summed E-state index contributed by atoms with van der Waals surface area (Å²) in [7, 11) is 0. The van der Waals surface area contributed by atoms with E-state index in [4.69, 9.17) is 0 Å². The summed E-state index contributed by atoms with van der Waals surface area (Å²) in [6, 6.07) is 2.99. The molecule has 0 unspecified atom stereocenters. The lowest BCUT2D eigenvalue weighted by Gasteiger charge is -2.27. The molecule has 0 aromatic carbocycles. The zero-order valence-corrected chi connectivity index (χ0v) is 12.2. The van der Waals surface area contributed by atoms with Crippen LogP contribution < -0.4 is 5.56 Å². The van der Waals surface area contributed by atoms with Gasteiger partial charge in [-0.15, -0.1) is 0 Å². The number of H-pyrrole nitrogens is 1. The van der Waals surface area contributed by atoms with Gasteiger partial charge in [-0.1, -0.05) is 0 Å². The van der Waals surface area contributed by atoms with Crippen molar-refractivity contribution in [2.75, 3.05) is 6.54 Å². The number of rotatable bonds is 3. The van der Waals surface area contributed by atoms with Gasteiger partial charge in [-0.25, -0.2) is 9.37 Å². The fourth-order valence-corrected chi connectivity index (χ4v) is 2.93. The van der Waals surface area contributed by atoms with E-state index < -0.39 is 0 Å². The summed E-state index contributed by atoms with van der Waals surface area (Å²) in [5.74, 6) is 0.982. The minimum absolute atomic E-state index is 0.0434. The summed E-state index contributed by atoms with van der Waals surface area (Å²) in [4.78, 5) is 25.9.